The Bertz CT molecular complexity index is 3420. The molecule has 0 spiro atoms. The molecule has 5 heteroatoms. The Morgan fingerprint density at radius 3 is 1.86 bits per heavy atom. The number of hydrogen-bond acceptors (Lipinski definition) is 3. The molecule has 1 atom stereocenters. The van der Waals surface area contributed by atoms with Crippen LogP contribution >= 0.6 is 0 Å². The number of nitrogens with one attached hydrogen (secondary N) is 1. The molecule has 1 aliphatic heterocycles. The number of furan rings is 1. The van der Waals surface area contributed by atoms with E-state index < -0.39 is 0 Å². The van der Waals surface area contributed by atoms with Gasteiger partial charge in [0.2, 0.25) is 0 Å². The van der Waals surface area contributed by atoms with E-state index in [2.05, 4.69) is 196 Å². The summed E-state index contributed by atoms with van der Waals surface area (Å²) in [6.45, 7) is 0. The van der Waals surface area contributed by atoms with E-state index in [0.29, 0.717) is 0 Å². The third kappa shape index (κ3) is 4.92. The molecule has 3 aromatic heterocycles. The Kier molecular flexibility index (Phi) is 6.92. The lowest BCUT2D eigenvalue weighted by Crippen LogP contribution is -2.25. The molecule has 8 aromatic carbocycles. The second kappa shape index (κ2) is 12.4. The number of hydrogen-bond donors (Lipinski definition) is 1. The molecular formula is C52H34N4O. The molecular weight excluding hydrogens is 697 g/mol. The highest BCUT2D eigenvalue weighted by Crippen LogP contribution is 2.44. The molecule has 1 aliphatic rings. The van der Waals surface area contributed by atoms with Crippen molar-refractivity contribution in [3.8, 4) is 11.4 Å². The summed E-state index contributed by atoms with van der Waals surface area (Å²) < 4.78 is 11.4. The maximum atomic E-state index is 6.50. The van der Waals surface area contributed by atoms with Gasteiger partial charge in [-0.2, -0.15) is 0 Å². The number of nitrogens with zero attached hydrogens (tertiary/aromatic N) is 3. The van der Waals surface area contributed by atoms with E-state index in [4.69, 9.17) is 9.41 Å². The molecule has 4 heterocycles. The summed E-state index contributed by atoms with van der Waals surface area (Å²) in [5.74, 6) is 0. The van der Waals surface area contributed by atoms with Crippen molar-refractivity contribution in [2.45, 2.75) is 6.17 Å². The molecule has 57 heavy (non-hydrogen) atoms. The fraction of sp³-hybridized carbons (Fsp3) is 0.0192. The summed E-state index contributed by atoms with van der Waals surface area (Å²) in [5, 5.41) is 10.7. The Balaban J connectivity index is 1.16. The Labute approximate surface area is 328 Å². The van der Waals surface area contributed by atoms with Gasteiger partial charge >= 0.3 is 0 Å². The van der Waals surface area contributed by atoms with Crippen molar-refractivity contribution in [1.82, 2.24) is 14.5 Å². The van der Waals surface area contributed by atoms with Crippen LogP contribution in [0.3, 0.4) is 0 Å². The standard InChI is InChI=1S/C52H34N4O/c1-4-15-33(16-5-1)44-32-45(34-17-6-2-7-18-34)54-52(53-44)35-19-14-22-37(29-35)56-47-30-43-39-24-11-13-26-48(39)57-49(43)31-42(47)41-28-27-40-38-23-10-12-25-46(38)55(50(40)51(41)56)36-20-8-3-9-21-36/h1-32,52-53H. The predicted octanol–water partition coefficient (Wildman–Crippen LogP) is 12.9. The van der Waals surface area contributed by atoms with Crippen LogP contribution in [0.25, 0.3) is 82.6 Å². The van der Waals surface area contributed by atoms with Crippen LogP contribution in [0, 0.1) is 0 Å². The van der Waals surface area contributed by atoms with E-state index in [9.17, 15) is 0 Å². The number of allylic oxidation sites excluding steroid dienone is 1. The lowest BCUT2D eigenvalue weighted by Gasteiger charge is -2.25. The largest absolute Gasteiger partial charge is 0.456 e. The smallest absolute Gasteiger partial charge is 0.145 e. The molecule has 12 rings (SSSR count). The van der Waals surface area contributed by atoms with Gasteiger partial charge < -0.3 is 18.9 Å². The SMILES string of the molecule is C1=C(c2ccccc2)NC(c2cccc(-n3c4cc5c(cc4c4ccc6c7ccccc7n(-c7ccccc7)c6c43)oc3ccccc35)c2)N=C1c1ccccc1. The first-order valence-electron chi connectivity index (χ1n) is 19.4. The van der Waals surface area contributed by atoms with Gasteiger partial charge in [-0.25, -0.2) is 0 Å². The quantitative estimate of drug-likeness (QED) is 0.192. The van der Waals surface area contributed by atoms with Crippen LogP contribution in [0.1, 0.15) is 22.9 Å². The van der Waals surface area contributed by atoms with Gasteiger partial charge in [-0.3, -0.25) is 4.99 Å². The second-order valence-electron chi connectivity index (χ2n) is 14.8. The van der Waals surface area contributed by atoms with Crippen molar-refractivity contribution in [2.24, 2.45) is 4.99 Å². The van der Waals surface area contributed by atoms with Gasteiger partial charge in [-0.1, -0.05) is 140 Å². The molecule has 5 nitrogen and oxygen atoms in total. The first-order valence-corrected chi connectivity index (χ1v) is 19.4. The van der Waals surface area contributed by atoms with Crippen LogP contribution < -0.4 is 5.32 Å². The van der Waals surface area contributed by atoms with Gasteiger partial charge in [0.05, 0.1) is 27.8 Å². The van der Waals surface area contributed by atoms with Gasteiger partial charge in [0, 0.05) is 49.4 Å². The highest BCUT2D eigenvalue weighted by Gasteiger charge is 2.24. The third-order valence-electron chi connectivity index (χ3n) is 11.5. The summed E-state index contributed by atoms with van der Waals surface area (Å²) in [6, 6.07) is 66.8. The van der Waals surface area contributed by atoms with E-state index in [-0.39, 0.29) is 6.17 Å². The fourth-order valence-electron chi connectivity index (χ4n) is 8.96. The van der Waals surface area contributed by atoms with Crippen molar-refractivity contribution in [2.75, 3.05) is 0 Å². The Morgan fingerprint density at radius 1 is 0.439 bits per heavy atom. The second-order valence-corrected chi connectivity index (χ2v) is 14.8. The van der Waals surface area contributed by atoms with Crippen LogP contribution in [-0.4, -0.2) is 14.8 Å². The van der Waals surface area contributed by atoms with E-state index in [1.807, 2.05) is 12.1 Å². The van der Waals surface area contributed by atoms with Crippen molar-refractivity contribution in [3.05, 3.63) is 211 Å². The zero-order valence-electron chi connectivity index (χ0n) is 30.8. The van der Waals surface area contributed by atoms with Crippen molar-refractivity contribution in [3.63, 3.8) is 0 Å². The third-order valence-corrected chi connectivity index (χ3v) is 11.5. The Hall–Kier alpha value is -7.63. The highest BCUT2D eigenvalue weighted by molar-refractivity contribution is 6.25. The minimum Gasteiger partial charge on any atom is -0.456 e. The molecule has 1 unspecified atom stereocenters. The summed E-state index contributed by atoms with van der Waals surface area (Å²) in [6.07, 6.45) is 1.85. The minimum atomic E-state index is -0.311. The maximum Gasteiger partial charge on any atom is 0.145 e. The zero-order valence-corrected chi connectivity index (χ0v) is 30.8. The average molecular weight is 731 g/mol. The number of fused-ring (bicyclic) bond motifs is 10. The minimum absolute atomic E-state index is 0.311. The first kappa shape index (κ1) is 31.7. The molecule has 0 bridgehead atoms. The van der Waals surface area contributed by atoms with Crippen LogP contribution in [0.15, 0.2) is 204 Å². The monoisotopic (exact) mass is 730 g/mol. The van der Waals surface area contributed by atoms with Gasteiger partial charge in [-0.15, -0.1) is 0 Å². The average Bonchev–Trinajstić information content (AvgIpc) is 3.93. The molecule has 0 radical (unpaired) electrons. The number of rotatable bonds is 5. The van der Waals surface area contributed by atoms with E-state index in [0.717, 1.165) is 83.3 Å². The van der Waals surface area contributed by atoms with Gasteiger partial charge in [0.15, 0.2) is 0 Å². The van der Waals surface area contributed by atoms with Gasteiger partial charge in [0.1, 0.15) is 17.3 Å². The first-order chi connectivity index (χ1) is 28.3. The molecule has 0 aliphatic carbocycles. The summed E-state index contributed by atoms with van der Waals surface area (Å²) >= 11 is 0. The van der Waals surface area contributed by atoms with Crippen LogP contribution in [0.2, 0.25) is 0 Å². The van der Waals surface area contributed by atoms with E-state index in [1.54, 1.807) is 0 Å². The Morgan fingerprint density at radius 2 is 1.07 bits per heavy atom. The summed E-state index contributed by atoms with van der Waals surface area (Å²) in [4.78, 5) is 5.35. The zero-order chi connectivity index (χ0) is 37.5. The van der Waals surface area contributed by atoms with Crippen molar-refractivity contribution >= 4 is 77.0 Å². The van der Waals surface area contributed by atoms with E-state index in [1.165, 1.54) is 21.7 Å². The van der Waals surface area contributed by atoms with Gasteiger partial charge in [0.25, 0.3) is 0 Å². The van der Waals surface area contributed by atoms with E-state index >= 15 is 0 Å². The lowest BCUT2D eigenvalue weighted by molar-refractivity contribution is 0.663. The highest BCUT2D eigenvalue weighted by atomic mass is 16.3. The summed E-state index contributed by atoms with van der Waals surface area (Å²) in [7, 11) is 0. The normalized spacial score (nSPS) is 14.5. The lowest BCUT2D eigenvalue weighted by atomic mass is 10.0. The fourth-order valence-corrected chi connectivity index (χ4v) is 8.96. The molecule has 0 saturated heterocycles. The van der Waals surface area contributed by atoms with Gasteiger partial charge in [-0.05, 0) is 71.3 Å². The number of benzene rings is 8. The molecule has 11 aromatic rings. The summed E-state index contributed by atoms with van der Waals surface area (Å²) in [5.41, 5.74) is 13.8. The maximum absolute atomic E-state index is 6.50. The van der Waals surface area contributed by atoms with Crippen LogP contribution in [-0.2, 0) is 0 Å². The van der Waals surface area contributed by atoms with Crippen LogP contribution in [0.4, 0.5) is 0 Å². The number of para-hydroxylation sites is 3. The van der Waals surface area contributed by atoms with Crippen molar-refractivity contribution in [1.29, 1.82) is 0 Å². The predicted molar refractivity (Wildman–Crippen MR) is 236 cm³/mol. The molecule has 1 N–H and O–H groups in total. The van der Waals surface area contributed by atoms with Crippen LogP contribution in [0.5, 0.6) is 0 Å². The molecule has 268 valence electrons. The molecule has 0 saturated carbocycles. The molecule has 0 amide bonds. The number of aromatic nitrogens is 2. The number of aliphatic imine (C=N–C) groups is 1. The topological polar surface area (TPSA) is 47.4 Å². The molecule has 0 fully saturated rings. The van der Waals surface area contributed by atoms with Crippen molar-refractivity contribution < 1.29 is 4.42 Å².